The minimum Gasteiger partial charge on any atom is -0.508 e. The lowest BCUT2D eigenvalue weighted by molar-refractivity contribution is 0.110. The molecule has 0 radical (unpaired) electrons. The molecule has 0 saturated carbocycles. The molecule has 1 aliphatic heterocycles. The summed E-state index contributed by atoms with van der Waals surface area (Å²) in [5.74, 6) is -0.202. The Labute approximate surface area is 264 Å². The number of nitrogens with zero attached hydrogens (tertiary/aromatic N) is 1. The molecule has 242 valence electrons. The van der Waals surface area contributed by atoms with E-state index in [2.05, 4.69) is 19.7 Å². The minimum atomic E-state index is -0.694. The van der Waals surface area contributed by atoms with Gasteiger partial charge in [0.2, 0.25) is 0 Å². The number of halogens is 1. The summed E-state index contributed by atoms with van der Waals surface area (Å²) in [6.07, 6.45) is 5.06. The number of anilines is 1. The number of para-hydroxylation sites is 1. The second-order valence-corrected chi connectivity index (χ2v) is 9.53. The molecule has 0 aliphatic carbocycles. The summed E-state index contributed by atoms with van der Waals surface area (Å²) in [5, 5.41) is 29.4. The van der Waals surface area contributed by atoms with E-state index in [0.717, 1.165) is 17.7 Å². The van der Waals surface area contributed by atoms with Crippen LogP contribution >= 0.6 is 0 Å². The van der Waals surface area contributed by atoms with E-state index in [9.17, 15) is 24.5 Å². The van der Waals surface area contributed by atoms with Gasteiger partial charge in [-0.25, -0.2) is 9.18 Å². The SMILES string of the molecule is C=C(/C=C(O)\C=C/C)C(=C)CC(O)C(=C)CC.CC.CC.O=C1OC(CCC(O)c2ccc(F)cc2)CN1c1ccccc1. The summed E-state index contributed by atoms with van der Waals surface area (Å²) in [7, 11) is 0. The van der Waals surface area contributed by atoms with Gasteiger partial charge in [0.1, 0.15) is 17.7 Å². The topological polar surface area (TPSA) is 90.2 Å². The fourth-order valence-corrected chi connectivity index (χ4v) is 3.93. The average Bonchev–Trinajstić information content (AvgIpc) is 3.42. The zero-order valence-corrected chi connectivity index (χ0v) is 27.3. The van der Waals surface area contributed by atoms with Crippen LogP contribution in [0.25, 0.3) is 0 Å². The Morgan fingerprint density at radius 3 is 2.18 bits per heavy atom. The normalized spacial score (nSPS) is 15.4. The molecule has 44 heavy (non-hydrogen) atoms. The van der Waals surface area contributed by atoms with Crippen LogP contribution < -0.4 is 4.90 Å². The Morgan fingerprint density at radius 1 is 1.05 bits per heavy atom. The van der Waals surface area contributed by atoms with E-state index < -0.39 is 12.2 Å². The van der Waals surface area contributed by atoms with Crippen molar-refractivity contribution in [2.75, 3.05) is 11.4 Å². The van der Waals surface area contributed by atoms with Crippen molar-refractivity contribution in [3.8, 4) is 0 Å². The number of carbonyl (C=O) groups is 1. The van der Waals surface area contributed by atoms with Crippen molar-refractivity contribution in [3.63, 3.8) is 0 Å². The van der Waals surface area contributed by atoms with Crippen LogP contribution in [0, 0.1) is 5.82 Å². The van der Waals surface area contributed by atoms with E-state index in [1.54, 1.807) is 29.2 Å². The third-order valence-electron chi connectivity index (χ3n) is 6.44. The number of aliphatic hydroxyl groups is 3. The third-order valence-corrected chi connectivity index (χ3v) is 6.44. The highest BCUT2D eigenvalue weighted by molar-refractivity contribution is 5.89. The van der Waals surface area contributed by atoms with Gasteiger partial charge < -0.3 is 20.1 Å². The van der Waals surface area contributed by atoms with Crippen LogP contribution in [0.1, 0.15) is 78.9 Å². The predicted octanol–water partition coefficient (Wildman–Crippen LogP) is 9.55. The first-order valence-electron chi connectivity index (χ1n) is 15.3. The van der Waals surface area contributed by atoms with Gasteiger partial charge in [-0.2, -0.15) is 0 Å². The lowest BCUT2D eigenvalue weighted by atomic mass is 9.97. The lowest BCUT2D eigenvalue weighted by Crippen LogP contribution is -2.24. The molecule has 7 heteroatoms. The number of cyclic esters (lactones) is 1. The molecule has 3 rings (SSSR count). The first kappa shape index (κ1) is 40.1. The summed E-state index contributed by atoms with van der Waals surface area (Å²) in [5.41, 5.74) is 3.56. The van der Waals surface area contributed by atoms with Gasteiger partial charge in [0.25, 0.3) is 0 Å². The van der Waals surface area contributed by atoms with E-state index in [4.69, 9.17) is 4.74 Å². The molecule has 1 amide bonds. The van der Waals surface area contributed by atoms with Crippen LogP contribution in [-0.2, 0) is 4.74 Å². The first-order valence-corrected chi connectivity index (χ1v) is 15.3. The number of hydrogen-bond acceptors (Lipinski definition) is 5. The molecule has 2 aromatic carbocycles. The number of aliphatic hydroxyl groups excluding tert-OH is 3. The maximum absolute atomic E-state index is 12.9. The summed E-state index contributed by atoms with van der Waals surface area (Å²) < 4.78 is 18.2. The largest absolute Gasteiger partial charge is 0.508 e. The van der Waals surface area contributed by atoms with Crippen molar-refractivity contribution in [3.05, 3.63) is 126 Å². The number of carbonyl (C=O) groups excluding carboxylic acids is 1. The van der Waals surface area contributed by atoms with Gasteiger partial charge in [-0.05, 0) is 84.9 Å². The molecule has 0 spiro atoms. The third kappa shape index (κ3) is 14.5. The van der Waals surface area contributed by atoms with Gasteiger partial charge in [-0.3, -0.25) is 4.90 Å². The average molecular weight is 610 g/mol. The Hall–Kier alpha value is -3.94. The van der Waals surface area contributed by atoms with Crippen molar-refractivity contribution in [1.82, 2.24) is 0 Å². The molecule has 3 N–H and O–H groups in total. The van der Waals surface area contributed by atoms with E-state index in [1.807, 2.05) is 71.9 Å². The number of amides is 1. The minimum absolute atomic E-state index is 0.127. The Balaban J connectivity index is 0.000000787. The lowest BCUT2D eigenvalue weighted by Gasteiger charge is -2.14. The van der Waals surface area contributed by atoms with Gasteiger partial charge >= 0.3 is 6.09 Å². The van der Waals surface area contributed by atoms with Crippen molar-refractivity contribution >= 4 is 11.8 Å². The zero-order valence-electron chi connectivity index (χ0n) is 27.3. The van der Waals surface area contributed by atoms with Crippen LogP contribution in [0.2, 0.25) is 0 Å². The van der Waals surface area contributed by atoms with E-state index >= 15 is 0 Å². The van der Waals surface area contributed by atoms with E-state index in [0.29, 0.717) is 42.5 Å². The van der Waals surface area contributed by atoms with Gasteiger partial charge in [0, 0.05) is 12.1 Å². The van der Waals surface area contributed by atoms with Gasteiger partial charge in [-0.1, -0.05) is 90.8 Å². The molecule has 1 fully saturated rings. The van der Waals surface area contributed by atoms with Crippen LogP contribution in [-0.4, -0.2) is 40.2 Å². The van der Waals surface area contributed by atoms with E-state index in [1.165, 1.54) is 18.2 Å². The summed E-state index contributed by atoms with van der Waals surface area (Å²) >= 11 is 0. The molecule has 2 aromatic rings. The maximum Gasteiger partial charge on any atom is 0.414 e. The zero-order chi connectivity index (χ0) is 33.7. The molecule has 0 bridgehead atoms. The standard InChI is InChI=1S/C18H18FNO3.C15H22O2.2C2H6/c19-14-8-6-13(7-9-14)17(21)11-10-16-12-20(18(22)23-16)15-4-2-1-3-5-15;1-6-8-14(16)9-12(4)13(5)10-15(17)11(3)7-2;2*1-2/h1-9,16-17,21H,10-12H2;6,8-9,15-17H,3-5,7,10H2,1-2H3;2*1-2H3/b;8-6-,14-9+;;. The highest BCUT2D eigenvalue weighted by atomic mass is 19.1. The Morgan fingerprint density at radius 2 is 1.64 bits per heavy atom. The van der Waals surface area contributed by atoms with Crippen LogP contribution in [0.3, 0.4) is 0 Å². The van der Waals surface area contributed by atoms with Crippen molar-refractivity contribution in [1.29, 1.82) is 0 Å². The number of ether oxygens (including phenoxy) is 1. The number of hydrogen-bond donors (Lipinski definition) is 3. The van der Waals surface area contributed by atoms with Crippen molar-refractivity contribution in [2.24, 2.45) is 0 Å². The second kappa shape index (κ2) is 22.6. The highest BCUT2D eigenvalue weighted by Crippen LogP contribution is 2.26. The second-order valence-electron chi connectivity index (χ2n) is 9.53. The fraction of sp³-hybridized carbons (Fsp3) is 0.378. The molecule has 1 saturated heterocycles. The Bertz CT molecular complexity index is 1200. The molecule has 1 heterocycles. The number of benzene rings is 2. The summed E-state index contributed by atoms with van der Waals surface area (Å²) in [4.78, 5) is 13.5. The molecular weight excluding hydrogens is 557 g/mol. The fourth-order valence-electron chi connectivity index (χ4n) is 3.93. The van der Waals surface area contributed by atoms with Crippen molar-refractivity contribution < 1.29 is 29.2 Å². The number of rotatable bonds is 12. The smallest absolute Gasteiger partial charge is 0.414 e. The van der Waals surface area contributed by atoms with Crippen LogP contribution in [0.4, 0.5) is 14.9 Å². The number of allylic oxidation sites excluding steroid dienone is 4. The molecule has 3 unspecified atom stereocenters. The highest BCUT2D eigenvalue weighted by Gasteiger charge is 2.32. The predicted molar refractivity (Wildman–Crippen MR) is 181 cm³/mol. The van der Waals surface area contributed by atoms with Crippen LogP contribution in [0.15, 0.2) is 115 Å². The maximum atomic E-state index is 12.9. The molecule has 1 aliphatic rings. The summed E-state index contributed by atoms with van der Waals surface area (Å²) in [6.45, 7) is 23.7. The monoisotopic (exact) mass is 609 g/mol. The first-order chi connectivity index (χ1) is 21.0. The quantitative estimate of drug-likeness (QED) is 0.127. The molecule has 3 atom stereocenters. The summed E-state index contributed by atoms with van der Waals surface area (Å²) in [6, 6.07) is 15.1. The van der Waals surface area contributed by atoms with Gasteiger partial charge in [-0.15, -0.1) is 0 Å². The van der Waals surface area contributed by atoms with Crippen LogP contribution in [0.5, 0.6) is 0 Å². The van der Waals surface area contributed by atoms with E-state index in [-0.39, 0.29) is 23.8 Å². The van der Waals surface area contributed by atoms with Gasteiger partial charge in [0.05, 0.1) is 18.8 Å². The molecule has 6 nitrogen and oxygen atoms in total. The molecular formula is C37H52FNO5. The Kier molecular flexibility index (Phi) is 20.6. The van der Waals surface area contributed by atoms with Gasteiger partial charge in [0.15, 0.2) is 0 Å². The van der Waals surface area contributed by atoms with Crippen molar-refractivity contribution in [2.45, 2.75) is 85.5 Å². The molecule has 0 aromatic heterocycles.